The molecule has 2 rings (SSSR count). The minimum Gasteiger partial charge on any atom is -0.406 e. The van der Waals surface area contributed by atoms with E-state index in [1.165, 1.54) is 12.1 Å². The second-order valence-corrected chi connectivity index (χ2v) is 5.28. The Morgan fingerprint density at radius 3 is 2.25 bits per heavy atom. The van der Waals surface area contributed by atoms with Crippen molar-refractivity contribution in [3.8, 4) is 5.75 Å². The molecule has 0 bridgehead atoms. The number of nitrogens with zero attached hydrogens (tertiary/aromatic N) is 1. The van der Waals surface area contributed by atoms with Crippen LogP contribution in [0.2, 0.25) is 0 Å². The number of hydrogen-bond donors (Lipinski definition) is 1. The predicted molar refractivity (Wildman–Crippen MR) is 94.2 cm³/mol. The normalized spacial score (nSPS) is 16.5. The van der Waals surface area contributed by atoms with E-state index in [4.69, 9.17) is 0 Å². The topological polar surface area (TPSA) is 24.5 Å². The molecule has 0 aromatic heterocycles. The molecule has 1 N–H and O–H groups in total. The minimum absolute atomic E-state index is 0. The number of piperazine rings is 1. The lowest BCUT2D eigenvalue weighted by Crippen LogP contribution is -2.45. The Hall–Kier alpha value is -0.950. The summed E-state index contributed by atoms with van der Waals surface area (Å²) in [6.45, 7) is 7.48. The second kappa shape index (κ2) is 10.8. The Balaban J connectivity index is 0.00000264. The van der Waals surface area contributed by atoms with Gasteiger partial charge in [0.25, 0.3) is 0 Å². The summed E-state index contributed by atoms with van der Waals surface area (Å²) in [5.74, 6) is -0.181. The van der Waals surface area contributed by atoms with E-state index in [1.54, 1.807) is 12.1 Å². The molecular formula is C16H23Cl2F3N2O. The van der Waals surface area contributed by atoms with Crippen LogP contribution in [0.25, 0.3) is 0 Å². The van der Waals surface area contributed by atoms with Crippen molar-refractivity contribution in [3.05, 3.63) is 42.5 Å². The molecule has 1 atom stereocenters. The maximum atomic E-state index is 12.2. The van der Waals surface area contributed by atoms with Gasteiger partial charge in [0.05, 0.1) is 0 Å². The molecule has 1 fully saturated rings. The average molecular weight is 387 g/mol. The predicted octanol–water partition coefficient (Wildman–Crippen LogP) is 4.34. The molecule has 0 aliphatic carbocycles. The van der Waals surface area contributed by atoms with Gasteiger partial charge in [-0.15, -0.1) is 44.6 Å². The molecule has 1 saturated heterocycles. The van der Waals surface area contributed by atoms with E-state index in [-0.39, 0.29) is 36.6 Å². The van der Waals surface area contributed by atoms with Crippen LogP contribution in [0.1, 0.15) is 24.4 Å². The third kappa shape index (κ3) is 7.30. The Bertz CT molecular complexity index is 477. The highest BCUT2D eigenvalue weighted by molar-refractivity contribution is 5.85. The van der Waals surface area contributed by atoms with Crippen LogP contribution in [0.3, 0.4) is 0 Å². The summed E-state index contributed by atoms with van der Waals surface area (Å²) in [7, 11) is 0. The highest BCUT2D eigenvalue weighted by Crippen LogP contribution is 2.29. The summed E-state index contributed by atoms with van der Waals surface area (Å²) < 4.78 is 40.6. The van der Waals surface area contributed by atoms with Gasteiger partial charge in [-0.3, -0.25) is 4.90 Å². The van der Waals surface area contributed by atoms with Gasteiger partial charge in [-0.05, 0) is 30.5 Å². The van der Waals surface area contributed by atoms with Crippen molar-refractivity contribution in [2.24, 2.45) is 0 Å². The summed E-state index contributed by atoms with van der Waals surface area (Å²) in [4.78, 5) is 2.36. The smallest absolute Gasteiger partial charge is 0.406 e. The lowest BCUT2D eigenvalue weighted by Gasteiger charge is -2.35. The van der Waals surface area contributed by atoms with Gasteiger partial charge in [0.1, 0.15) is 5.75 Å². The van der Waals surface area contributed by atoms with Crippen molar-refractivity contribution in [3.63, 3.8) is 0 Å². The molecule has 24 heavy (non-hydrogen) atoms. The zero-order chi connectivity index (χ0) is 16.0. The first-order valence-electron chi connectivity index (χ1n) is 7.41. The summed E-state index contributed by atoms with van der Waals surface area (Å²) >= 11 is 0. The fourth-order valence-electron chi connectivity index (χ4n) is 2.72. The van der Waals surface area contributed by atoms with E-state index in [0.29, 0.717) is 0 Å². The SMILES string of the molecule is C=CCC[C@H](c1ccc(OC(F)(F)F)cc1)N1CCNCC1.Cl.Cl. The van der Waals surface area contributed by atoms with Crippen molar-refractivity contribution in [2.45, 2.75) is 25.2 Å². The van der Waals surface area contributed by atoms with E-state index in [0.717, 1.165) is 44.6 Å². The maximum absolute atomic E-state index is 12.2. The Kier molecular flexibility index (Phi) is 10.4. The van der Waals surface area contributed by atoms with E-state index >= 15 is 0 Å². The molecule has 1 aliphatic heterocycles. The summed E-state index contributed by atoms with van der Waals surface area (Å²) in [5, 5.41) is 3.31. The summed E-state index contributed by atoms with van der Waals surface area (Å²) in [6.07, 6.45) is -1.00. The van der Waals surface area contributed by atoms with Crippen LogP contribution in [-0.2, 0) is 0 Å². The average Bonchev–Trinajstić information content (AvgIpc) is 2.49. The molecule has 1 aromatic carbocycles. The molecule has 1 aliphatic rings. The van der Waals surface area contributed by atoms with Gasteiger partial charge >= 0.3 is 6.36 Å². The van der Waals surface area contributed by atoms with Crippen molar-refractivity contribution < 1.29 is 17.9 Å². The monoisotopic (exact) mass is 386 g/mol. The van der Waals surface area contributed by atoms with Gasteiger partial charge in [-0.25, -0.2) is 0 Å². The molecule has 8 heteroatoms. The first kappa shape index (κ1) is 23.1. The number of allylic oxidation sites excluding steroid dienone is 1. The second-order valence-electron chi connectivity index (χ2n) is 5.28. The molecular weight excluding hydrogens is 364 g/mol. The van der Waals surface area contributed by atoms with Crippen molar-refractivity contribution in [1.82, 2.24) is 10.2 Å². The zero-order valence-electron chi connectivity index (χ0n) is 13.2. The Labute approximate surface area is 153 Å². The fraction of sp³-hybridized carbons (Fsp3) is 0.500. The molecule has 0 radical (unpaired) electrons. The van der Waals surface area contributed by atoms with Gasteiger partial charge < -0.3 is 10.1 Å². The highest BCUT2D eigenvalue weighted by atomic mass is 35.5. The molecule has 1 heterocycles. The van der Waals surface area contributed by atoms with Crippen LogP contribution >= 0.6 is 24.8 Å². The highest BCUT2D eigenvalue weighted by Gasteiger charge is 2.31. The van der Waals surface area contributed by atoms with Crippen LogP contribution < -0.4 is 10.1 Å². The van der Waals surface area contributed by atoms with Gasteiger partial charge in [-0.1, -0.05) is 18.2 Å². The lowest BCUT2D eigenvalue weighted by molar-refractivity contribution is -0.274. The quantitative estimate of drug-likeness (QED) is 0.735. The van der Waals surface area contributed by atoms with Crippen molar-refractivity contribution >= 4 is 24.8 Å². The van der Waals surface area contributed by atoms with Gasteiger partial charge in [-0.2, -0.15) is 0 Å². The van der Waals surface area contributed by atoms with E-state index in [9.17, 15) is 13.2 Å². The molecule has 0 amide bonds. The zero-order valence-corrected chi connectivity index (χ0v) is 14.9. The van der Waals surface area contributed by atoms with Crippen LogP contribution in [-0.4, -0.2) is 37.4 Å². The number of ether oxygens (including phenoxy) is 1. The largest absolute Gasteiger partial charge is 0.573 e. The van der Waals surface area contributed by atoms with Crippen LogP contribution in [0.15, 0.2) is 36.9 Å². The van der Waals surface area contributed by atoms with Crippen LogP contribution in [0.5, 0.6) is 5.75 Å². The number of benzene rings is 1. The molecule has 1 aromatic rings. The number of alkyl halides is 3. The summed E-state index contributed by atoms with van der Waals surface area (Å²) in [6, 6.07) is 6.39. The first-order chi connectivity index (χ1) is 10.5. The Morgan fingerprint density at radius 2 is 1.75 bits per heavy atom. The number of hydrogen-bond acceptors (Lipinski definition) is 3. The standard InChI is InChI=1S/C16H21F3N2O.2ClH/c1-2-3-4-15(21-11-9-20-10-12-21)13-5-7-14(8-6-13)22-16(17,18)19;;/h2,5-8,15,20H,1,3-4,9-12H2;2*1H/t15-;;/m1../s1. The molecule has 3 nitrogen and oxygen atoms in total. The molecule has 0 unspecified atom stereocenters. The third-order valence-electron chi connectivity index (χ3n) is 3.74. The lowest BCUT2D eigenvalue weighted by atomic mass is 9.99. The number of halogens is 5. The number of rotatable bonds is 6. The van der Waals surface area contributed by atoms with Crippen molar-refractivity contribution in [2.75, 3.05) is 26.2 Å². The Morgan fingerprint density at radius 1 is 1.17 bits per heavy atom. The molecule has 0 saturated carbocycles. The molecule has 138 valence electrons. The van der Waals surface area contributed by atoms with E-state index in [1.807, 2.05) is 6.08 Å². The third-order valence-corrected chi connectivity index (χ3v) is 3.74. The van der Waals surface area contributed by atoms with Gasteiger partial charge in [0.15, 0.2) is 0 Å². The summed E-state index contributed by atoms with van der Waals surface area (Å²) in [5.41, 5.74) is 1.01. The van der Waals surface area contributed by atoms with Gasteiger partial charge in [0, 0.05) is 32.2 Å². The van der Waals surface area contributed by atoms with E-state index in [2.05, 4.69) is 21.5 Å². The van der Waals surface area contributed by atoms with Gasteiger partial charge in [0.2, 0.25) is 0 Å². The fourth-order valence-corrected chi connectivity index (χ4v) is 2.72. The van der Waals surface area contributed by atoms with Crippen molar-refractivity contribution in [1.29, 1.82) is 0 Å². The maximum Gasteiger partial charge on any atom is 0.573 e. The molecule has 0 spiro atoms. The number of nitrogens with one attached hydrogen (secondary N) is 1. The first-order valence-corrected chi connectivity index (χ1v) is 7.41. The van der Waals surface area contributed by atoms with E-state index < -0.39 is 6.36 Å². The minimum atomic E-state index is -4.65. The van der Waals surface area contributed by atoms with Crippen LogP contribution in [0.4, 0.5) is 13.2 Å². The van der Waals surface area contributed by atoms with Crippen LogP contribution in [0, 0.1) is 0 Å².